The maximum absolute atomic E-state index is 6.33. The third-order valence-electron chi connectivity index (χ3n) is 3.75. The van der Waals surface area contributed by atoms with Crippen LogP contribution < -0.4 is 11.1 Å². The Morgan fingerprint density at radius 2 is 1.59 bits per heavy atom. The summed E-state index contributed by atoms with van der Waals surface area (Å²) in [4.78, 5) is 0. The average Bonchev–Trinajstić information content (AvgIpc) is 2.50. The van der Waals surface area contributed by atoms with E-state index in [1.165, 1.54) is 0 Å². The van der Waals surface area contributed by atoms with Gasteiger partial charge in [-0.2, -0.15) is 0 Å². The molecule has 0 atom stereocenters. The normalized spacial score (nSPS) is 11.0. The van der Waals surface area contributed by atoms with E-state index in [0.717, 1.165) is 29.7 Å². The van der Waals surface area contributed by atoms with Crippen molar-refractivity contribution < 1.29 is 0 Å². The number of hydrogen-bond donors (Lipinski definition) is 2. The van der Waals surface area contributed by atoms with Gasteiger partial charge in [-0.3, -0.25) is 0 Å². The van der Waals surface area contributed by atoms with Gasteiger partial charge in [-0.25, -0.2) is 0 Å². The van der Waals surface area contributed by atoms with Crippen molar-refractivity contribution in [1.29, 1.82) is 0 Å². The van der Waals surface area contributed by atoms with Crippen molar-refractivity contribution >= 4 is 46.2 Å². The van der Waals surface area contributed by atoms with Crippen LogP contribution in [-0.4, -0.2) is 6.04 Å². The van der Waals surface area contributed by atoms with Gasteiger partial charge in [0.15, 0.2) is 0 Å². The van der Waals surface area contributed by atoms with Crippen LogP contribution in [0.5, 0.6) is 0 Å². The van der Waals surface area contributed by atoms with Crippen LogP contribution in [0.25, 0.3) is 11.1 Å². The highest BCUT2D eigenvalue weighted by Gasteiger charge is 2.14. The summed E-state index contributed by atoms with van der Waals surface area (Å²) >= 11 is 18.4. The number of nitrogens with one attached hydrogen (secondary N) is 1. The number of anilines is 2. The highest BCUT2D eigenvalue weighted by molar-refractivity contribution is 6.44. The first-order valence-electron chi connectivity index (χ1n) is 7.27. The van der Waals surface area contributed by atoms with Crippen LogP contribution in [0, 0.1) is 0 Å². The quantitative estimate of drug-likeness (QED) is 0.473. The third-order valence-corrected chi connectivity index (χ3v) is 4.79. The number of benzene rings is 2. The monoisotopic (exact) mass is 356 g/mol. The minimum atomic E-state index is 0.391. The molecular formula is C17H19Cl3N2. The lowest BCUT2D eigenvalue weighted by Gasteiger charge is -2.20. The van der Waals surface area contributed by atoms with Gasteiger partial charge in [0.25, 0.3) is 0 Å². The molecule has 0 heterocycles. The van der Waals surface area contributed by atoms with E-state index in [4.69, 9.17) is 40.5 Å². The molecule has 0 amide bonds. The van der Waals surface area contributed by atoms with E-state index < -0.39 is 0 Å². The number of nitrogen functional groups attached to an aromatic ring is 1. The lowest BCUT2D eigenvalue weighted by Crippen LogP contribution is -2.18. The number of nitrogens with two attached hydrogens (primary N) is 1. The molecule has 0 saturated carbocycles. The summed E-state index contributed by atoms with van der Waals surface area (Å²) in [5, 5.41) is 4.89. The molecule has 0 fully saturated rings. The zero-order valence-corrected chi connectivity index (χ0v) is 14.9. The number of halogens is 3. The van der Waals surface area contributed by atoms with Gasteiger partial charge in [-0.1, -0.05) is 60.8 Å². The van der Waals surface area contributed by atoms with Crippen LogP contribution in [0.4, 0.5) is 11.4 Å². The number of rotatable bonds is 5. The summed E-state index contributed by atoms with van der Waals surface area (Å²) in [6, 6.07) is 9.64. The molecule has 2 rings (SSSR count). The van der Waals surface area contributed by atoms with E-state index in [9.17, 15) is 0 Å². The van der Waals surface area contributed by atoms with Crippen LogP contribution >= 0.6 is 34.8 Å². The predicted octanol–water partition coefficient (Wildman–Crippen LogP) is 6.50. The molecule has 5 heteroatoms. The van der Waals surface area contributed by atoms with Crippen molar-refractivity contribution in [2.24, 2.45) is 0 Å². The van der Waals surface area contributed by atoms with Crippen LogP contribution in [0.2, 0.25) is 15.1 Å². The summed E-state index contributed by atoms with van der Waals surface area (Å²) in [7, 11) is 0. The molecule has 0 bridgehead atoms. The molecule has 0 radical (unpaired) electrons. The Morgan fingerprint density at radius 3 is 2.23 bits per heavy atom. The maximum Gasteiger partial charge on any atom is 0.0630 e. The molecule has 0 saturated heterocycles. The van der Waals surface area contributed by atoms with E-state index in [0.29, 0.717) is 26.8 Å². The minimum Gasteiger partial charge on any atom is -0.397 e. The Kier molecular flexibility index (Phi) is 5.85. The Balaban J connectivity index is 2.47. The molecule has 3 N–H and O–H groups in total. The fourth-order valence-corrected chi connectivity index (χ4v) is 3.02. The smallest absolute Gasteiger partial charge is 0.0630 e. The van der Waals surface area contributed by atoms with Gasteiger partial charge in [0.1, 0.15) is 0 Å². The zero-order chi connectivity index (χ0) is 16.3. The average molecular weight is 358 g/mol. The summed E-state index contributed by atoms with van der Waals surface area (Å²) in [6.45, 7) is 4.30. The fraction of sp³-hybridized carbons (Fsp3) is 0.294. The second kappa shape index (κ2) is 7.45. The highest BCUT2D eigenvalue weighted by Crippen LogP contribution is 2.39. The Labute approximate surface area is 146 Å². The molecule has 2 aromatic carbocycles. The van der Waals surface area contributed by atoms with E-state index in [1.54, 1.807) is 12.1 Å². The molecule has 0 aliphatic carbocycles. The van der Waals surface area contributed by atoms with Crippen molar-refractivity contribution in [2.75, 3.05) is 11.1 Å². The summed E-state index contributed by atoms with van der Waals surface area (Å²) in [6.07, 6.45) is 2.07. The molecular weight excluding hydrogens is 339 g/mol. The Hall–Kier alpha value is -1.09. The highest BCUT2D eigenvalue weighted by atomic mass is 35.5. The molecule has 2 nitrogen and oxygen atoms in total. The van der Waals surface area contributed by atoms with Gasteiger partial charge in [0, 0.05) is 17.2 Å². The molecule has 0 unspecified atom stereocenters. The molecule has 0 aliphatic heterocycles. The van der Waals surface area contributed by atoms with Gasteiger partial charge in [-0.05, 0) is 31.0 Å². The van der Waals surface area contributed by atoms with Crippen molar-refractivity contribution in [3.63, 3.8) is 0 Å². The largest absolute Gasteiger partial charge is 0.397 e. The fourth-order valence-electron chi connectivity index (χ4n) is 2.37. The van der Waals surface area contributed by atoms with Crippen molar-refractivity contribution in [2.45, 2.75) is 32.7 Å². The van der Waals surface area contributed by atoms with Crippen molar-refractivity contribution in [1.82, 2.24) is 0 Å². The minimum absolute atomic E-state index is 0.391. The lowest BCUT2D eigenvalue weighted by atomic mass is 10.0. The molecule has 118 valence electrons. The molecule has 0 aliphatic rings. The third kappa shape index (κ3) is 3.62. The standard InChI is InChI=1S/C17H19Cl3N2/c1-3-10(4-2)22-16-7-5-6-11(17(16)21)12-8-14(19)15(20)9-13(12)18/h5-10,22H,3-4,21H2,1-2H3. The van der Waals surface area contributed by atoms with Gasteiger partial charge < -0.3 is 11.1 Å². The van der Waals surface area contributed by atoms with E-state index in [1.807, 2.05) is 18.2 Å². The zero-order valence-electron chi connectivity index (χ0n) is 12.6. The lowest BCUT2D eigenvalue weighted by molar-refractivity contribution is 0.672. The Morgan fingerprint density at radius 1 is 0.955 bits per heavy atom. The second-order valence-electron chi connectivity index (χ2n) is 5.17. The van der Waals surface area contributed by atoms with E-state index in [2.05, 4.69) is 19.2 Å². The maximum atomic E-state index is 6.33. The first kappa shape index (κ1) is 17.3. The SMILES string of the molecule is CCC(CC)Nc1cccc(-c2cc(Cl)c(Cl)cc2Cl)c1N. The predicted molar refractivity (Wildman–Crippen MR) is 99.3 cm³/mol. The van der Waals surface area contributed by atoms with Crippen molar-refractivity contribution in [3.8, 4) is 11.1 Å². The number of hydrogen-bond acceptors (Lipinski definition) is 2. The summed E-state index contributed by atoms with van der Waals surface area (Å²) in [5.74, 6) is 0. The first-order valence-corrected chi connectivity index (χ1v) is 8.41. The van der Waals surface area contributed by atoms with Gasteiger partial charge in [-0.15, -0.1) is 0 Å². The van der Waals surface area contributed by atoms with Crippen LogP contribution in [-0.2, 0) is 0 Å². The van der Waals surface area contributed by atoms with Gasteiger partial charge >= 0.3 is 0 Å². The molecule has 0 spiro atoms. The summed E-state index contributed by atoms with van der Waals surface area (Å²) in [5.41, 5.74) is 9.53. The van der Waals surface area contributed by atoms with E-state index >= 15 is 0 Å². The second-order valence-corrected chi connectivity index (χ2v) is 6.39. The van der Waals surface area contributed by atoms with Crippen molar-refractivity contribution in [3.05, 3.63) is 45.4 Å². The first-order chi connectivity index (χ1) is 10.5. The Bertz CT molecular complexity index is 667. The van der Waals surface area contributed by atoms with Crippen LogP contribution in [0.1, 0.15) is 26.7 Å². The summed E-state index contributed by atoms with van der Waals surface area (Å²) < 4.78 is 0. The van der Waals surface area contributed by atoms with Crippen LogP contribution in [0.3, 0.4) is 0 Å². The van der Waals surface area contributed by atoms with E-state index in [-0.39, 0.29) is 0 Å². The van der Waals surface area contributed by atoms with Gasteiger partial charge in [0.05, 0.1) is 26.4 Å². The van der Waals surface area contributed by atoms with Crippen LogP contribution in [0.15, 0.2) is 30.3 Å². The molecule has 2 aromatic rings. The molecule has 22 heavy (non-hydrogen) atoms. The van der Waals surface area contributed by atoms with Gasteiger partial charge in [0.2, 0.25) is 0 Å². The topological polar surface area (TPSA) is 38.0 Å². The number of para-hydroxylation sites is 1. The molecule has 0 aromatic heterocycles.